The number of halogens is 1. The van der Waals surface area contributed by atoms with Gasteiger partial charge in [0.15, 0.2) is 0 Å². The first-order valence-electron chi connectivity index (χ1n) is 14.9. The Morgan fingerprint density at radius 1 is 0.864 bits per heavy atom. The van der Waals surface area contributed by atoms with E-state index in [4.69, 9.17) is 0 Å². The number of rotatable bonds is 8. The minimum Gasteiger partial charge on any atom is -0.351 e. The van der Waals surface area contributed by atoms with Crippen molar-refractivity contribution in [3.8, 4) is 0 Å². The predicted molar refractivity (Wildman–Crippen MR) is 167 cm³/mol. The van der Waals surface area contributed by atoms with Crippen molar-refractivity contribution in [2.45, 2.75) is 35.6 Å². The SMILES string of the molecule is O=C(NCCN1CCC(Cc2ccccc2)CC1)c1ccc2c(c1)N(Cc1ccccc1F)C(=O)c1ccccc1S2(=O)=O. The van der Waals surface area contributed by atoms with Crippen LogP contribution in [0, 0.1) is 11.7 Å². The fourth-order valence-electron chi connectivity index (χ4n) is 6.09. The minimum atomic E-state index is -4.10. The fourth-order valence-corrected chi connectivity index (χ4v) is 7.72. The third-order valence-corrected chi connectivity index (χ3v) is 10.4. The average Bonchev–Trinajstić information content (AvgIpc) is 3.11. The molecule has 0 bridgehead atoms. The van der Waals surface area contributed by atoms with Gasteiger partial charge >= 0.3 is 0 Å². The zero-order valence-corrected chi connectivity index (χ0v) is 25.1. The Kier molecular flexibility index (Phi) is 8.59. The van der Waals surface area contributed by atoms with E-state index >= 15 is 0 Å². The molecule has 44 heavy (non-hydrogen) atoms. The van der Waals surface area contributed by atoms with Crippen molar-refractivity contribution in [1.29, 1.82) is 0 Å². The Balaban J connectivity index is 1.17. The maximum absolute atomic E-state index is 14.7. The molecule has 2 aliphatic rings. The number of hydrogen-bond donors (Lipinski definition) is 1. The number of anilines is 1. The maximum Gasteiger partial charge on any atom is 0.259 e. The second-order valence-corrected chi connectivity index (χ2v) is 13.3. The van der Waals surface area contributed by atoms with Gasteiger partial charge in [0.1, 0.15) is 5.82 Å². The molecule has 2 amide bonds. The van der Waals surface area contributed by atoms with Crippen LogP contribution in [-0.4, -0.2) is 51.3 Å². The van der Waals surface area contributed by atoms with E-state index < -0.39 is 21.6 Å². The topological polar surface area (TPSA) is 86.8 Å². The van der Waals surface area contributed by atoms with Gasteiger partial charge < -0.3 is 15.1 Å². The summed E-state index contributed by atoms with van der Waals surface area (Å²) >= 11 is 0. The number of benzene rings is 4. The lowest BCUT2D eigenvalue weighted by atomic mass is 9.90. The summed E-state index contributed by atoms with van der Waals surface area (Å²) in [6.45, 7) is 2.88. The van der Waals surface area contributed by atoms with Crippen molar-refractivity contribution < 1.29 is 22.4 Å². The van der Waals surface area contributed by atoms with Crippen LogP contribution in [0.2, 0.25) is 0 Å². The quantitative estimate of drug-likeness (QED) is 0.284. The lowest BCUT2D eigenvalue weighted by Crippen LogP contribution is -2.40. The van der Waals surface area contributed by atoms with E-state index in [1.807, 2.05) is 6.07 Å². The summed E-state index contributed by atoms with van der Waals surface area (Å²) in [7, 11) is -4.10. The lowest BCUT2D eigenvalue weighted by Gasteiger charge is -2.32. The number of carbonyl (C=O) groups is 2. The van der Waals surface area contributed by atoms with Crippen LogP contribution < -0.4 is 10.2 Å². The number of carbonyl (C=O) groups excluding carboxylic acids is 2. The molecule has 4 aromatic carbocycles. The van der Waals surface area contributed by atoms with Crippen molar-refractivity contribution in [3.05, 3.63) is 125 Å². The first-order valence-corrected chi connectivity index (χ1v) is 16.4. The Hall–Kier alpha value is -4.34. The van der Waals surface area contributed by atoms with Crippen molar-refractivity contribution in [3.63, 3.8) is 0 Å². The molecule has 0 atom stereocenters. The maximum atomic E-state index is 14.7. The van der Waals surface area contributed by atoms with E-state index in [2.05, 4.69) is 34.5 Å². The highest BCUT2D eigenvalue weighted by Gasteiger charge is 2.36. The summed E-state index contributed by atoms with van der Waals surface area (Å²) in [5.41, 5.74) is 1.86. The Morgan fingerprint density at radius 3 is 2.34 bits per heavy atom. The van der Waals surface area contributed by atoms with Crippen molar-refractivity contribution in [2.24, 2.45) is 5.92 Å². The molecule has 0 aliphatic carbocycles. The summed E-state index contributed by atoms with van der Waals surface area (Å²) in [4.78, 5) is 30.4. The smallest absolute Gasteiger partial charge is 0.259 e. The second kappa shape index (κ2) is 12.7. The van der Waals surface area contributed by atoms with Crippen LogP contribution in [0.5, 0.6) is 0 Å². The van der Waals surface area contributed by atoms with Crippen LogP contribution >= 0.6 is 0 Å². The lowest BCUT2D eigenvalue weighted by molar-refractivity contribution is 0.0941. The molecule has 0 unspecified atom stereocenters. The molecule has 0 spiro atoms. The molecular weight excluding hydrogens is 577 g/mol. The fraction of sp³-hybridized carbons (Fsp3) is 0.257. The highest BCUT2D eigenvalue weighted by Crippen LogP contribution is 2.38. The first-order chi connectivity index (χ1) is 21.3. The molecule has 1 saturated heterocycles. The summed E-state index contributed by atoms with van der Waals surface area (Å²) in [5, 5.41) is 2.95. The minimum absolute atomic E-state index is 0.00131. The molecule has 2 aliphatic heterocycles. The van der Waals surface area contributed by atoms with Crippen molar-refractivity contribution in [2.75, 3.05) is 31.1 Å². The van der Waals surface area contributed by atoms with Gasteiger partial charge in [-0.2, -0.15) is 0 Å². The zero-order valence-electron chi connectivity index (χ0n) is 24.3. The second-order valence-electron chi connectivity index (χ2n) is 11.4. The van der Waals surface area contributed by atoms with Crippen LogP contribution in [-0.2, 0) is 22.8 Å². The van der Waals surface area contributed by atoms with E-state index in [0.29, 0.717) is 19.0 Å². The van der Waals surface area contributed by atoms with Gasteiger partial charge in [0, 0.05) is 24.2 Å². The standard InChI is InChI=1S/C35H34FN3O4S/c36-30-12-6-4-10-28(30)24-39-31-23-27(14-15-33(31)44(42,43)32-13-7-5-11-29(32)35(39)41)34(40)37-18-21-38-19-16-26(17-20-38)22-25-8-2-1-3-9-25/h1-15,23,26H,16-22,24H2,(H,37,40). The van der Waals surface area contributed by atoms with Crippen molar-refractivity contribution >= 4 is 27.3 Å². The average molecular weight is 612 g/mol. The normalized spacial score (nSPS) is 16.6. The number of fused-ring (bicyclic) bond motifs is 2. The van der Waals surface area contributed by atoms with Crippen LogP contribution in [0.1, 0.15) is 44.7 Å². The molecule has 7 nitrogen and oxygen atoms in total. The Labute approximate surface area is 257 Å². The van der Waals surface area contributed by atoms with Gasteiger partial charge in [-0.1, -0.05) is 60.7 Å². The van der Waals surface area contributed by atoms with Gasteiger partial charge in [-0.15, -0.1) is 0 Å². The third-order valence-electron chi connectivity index (χ3n) is 8.53. The summed E-state index contributed by atoms with van der Waals surface area (Å²) in [5.74, 6) is -0.816. The molecule has 0 saturated carbocycles. The third kappa shape index (κ3) is 6.16. The van der Waals surface area contributed by atoms with E-state index in [1.165, 1.54) is 46.9 Å². The monoisotopic (exact) mass is 611 g/mol. The first kappa shape index (κ1) is 29.7. The summed E-state index contributed by atoms with van der Waals surface area (Å²) in [6, 6.07) is 26.8. The Bertz CT molecular complexity index is 1790. The summed E-state index contributed by atoms with van der Waals surface area (Å²) < 4.78 is 42.1. The van der Waals surface area contributed by atoms with Gasteiger partial charge in [0.25, 0.3) is 11.8 Å². The van der Waals surface area contributed by atoms with Gasteiger partial charge in [-0.05, 0) is 80.2 Å². The number of hydrogen-bond acceptors (Lipinski definition) is 5. The molecule has 2 heterocycles. The summed E-state index contributed by atoms with van der Waals surface area (Å²) in [6.07, 6.45) is 3.30. The van der Waals surface area contributed by atoms with Crippen molar-refractivity contribution in [1.82, 2.24) is 10.2 Å². The van der Waals surface area contributed by atoms with Gasteiger partial charge in [0.2, 0.25) is 9.84 Å². The highest BCUT2D eigenvalue weighted by atomic mass is 32.2. The molecule has 4 aromatic rings. The van der Waals surface area contributed by atoms with E-state index in [0.717, 1.165) is 32.4 Å². The van der Waals surface area contributed by atoms with Crippen LogP contribution in [0.15, 0.2) is 107 Å². The molecule has 0 radical (unpaired) electrons. The predicted octanol–water partition coefficient (Wildman–Crippen LogP) is 5.50. The molecule has 1 N–H and O–H groups in total. The van der Waals surface area contributed by atoms with E-state index in [-0.39, 0.29) is 44.6 Å². The molecule has 1 fully saturated rings. The van der Waals surface area contributed by atoms with E-state index in [9.17, 15) is 22.4 Å². The molecule has 226 valence electrons. The van der Waals surface area contributed by atoms with Crippen LogP contribution in [0.4, 0.5) is 10.1 Å². The number of nitrogens with one attached hydrogen (secondary N) is 1. The van der Waals surface area contributed by atoms with Crippen LogP contribution in [0.3, 0.4) is 0 Å². The van der Waals surface area contributed by atoms with Gasteiger partial charge in [-0.25, -0.2) is 12.8 Å². The van der Waals surface area contributed by atoms with Gasteiger partial charge in [-0.3, -0.25) is 9.59 Å². The Morgan fingerprint density at radius 2 is 1.57 bits per heavy atom. The number of amides is 2. The van der Waals surface area contributed by atoms with Crippen LogP contribution in [0.25, 0.3) is 0 Å². The zero-order chi connectivity index (χ0) is 30.7. The highest BCUT2D eigenvalue weighted by molar-refractivity contribution is 7.91. The number of likely N-dealkylation sites (tertiary alicyclic amines) is 1. The molecule has 0 aromatic heterocycles. The van der Waals surface area contributed by atoms with Gasteiger partial charge in [0.05, 0.1) is 27.6 Å². The van der Waals surface area contributed by atoms with E-state index in [1.54, 1.807) is 30.3 Å². The largest absolute Gasteiger partial charge is 0.351 e. The number of nitrogens with zero attached hydrogens (tertiary/aromatic N) is 2. The molecule has 9 heteroatoms. The number of piperidine rings is 1. The number of sulfone groups is 1. The molecule has 6 rings (SSSR count). The molecular formula is C35H34FN3O4S.